The summed E-state index contributed by atoms with van der Waals surface area (Å²) >= 11 is 12.8. The summed E-state index contributed by atoms with van der Waals surface area (Å²) in [5.74, 6) is 0.202. The number of nitrogens with one attached hydrogen (secondary N) is 1. The van der Waals surface area contributed by atoms with Crippen molar-refractivity contribution >= 4 is 52.2 Å². The van der Waals surface area contributed by atoms with Crippen molar-refractivity contribution < 1.29 is 14.3 Å². The molecule has 1 fully saturated rings. The molecule has 1 aliphatic rings. The number of hydrogen-bond acceptors (Lipinski definition) is 4. The first kappa shape index (κ1) is 16.9. The normalized spacial score (nSPS) is 15.7. The van der Waals surface area contributed by atoms with Gasteiger partial charge >= 0.3 is 0 Å². The van der Waals surface area contributed by atoms with Crippen LogP contribution in [0.2, 0.25) is 10.0 Å². The number of carbonyl (C=O) groups is 2. The van der Waals surface area contributed by atoms with Gasteiger partial charge in [-0.2, -0.15) is 0 Å². The van der Waals surface area contributed by atoms with Crippen LogP contribution in [0.5, 0.6) is 5.75 Å². The smallest absolute Gasteiger partial charge is 0.290 e. The molecule has 1 aliphatic heterocycles. The van der Waals surface area contributed by atoms with Crippen molar-refractivity contribution in [1.29, 1.82) is 0 Å². The predicted molar refractivity (Wildman–Crippen MR) is 96.3 cm³/mol. The van der Waals surface area contributed by atoms with E-state index in [1.54, 1.807) is 24.3 Å². The molecule has 0 unspecified atom stereocenters. The Balaban J connectivity index is 1.79. The van der Waals surface area contributed by atoms with E-state index in [4.69, 9.17) is 27.9 Å². The number of carbonyl (C=O) groups excluding carboxylic acids is 2. The molecule has 24 heavy (non-hydrogen) atoms. The second-order valence-corrected chi connectivity index (χ2v) is 6.76. The zero-order valence-electron chi connectivity index (χ0n) is 12.2. The van der Waals surface area contributed by atoms with Gasteiger partial charge in [-0.15, -0.1) is 0 Å². The lowest BCUT2D eigenvalue weighted by atomic mass is 10.2. The van der Waals surface area contributed by atoms with Gasteiger partial charge in [0.2, 0.25) is 0 Å². The number of thioether (sulfide) groups is 1. The maximum absolute atomic E-state index is 11.7. The summed E-state index contributed by atoms with van der Waals surface area (Å²) in [4.78, 5) is 23.2. The lowest BCUT2D eigenvalue weighted by Gasteiger charge is -2.10. The third-order valence-corrected chi connectivity index (χ3v) is 4.78. The summed E-state index contributed by atoms with van der Waals surface area (Å²) in [6.07, 6.45) is 1.63. The van der Waals surface area contributed by atoms with Gasteiger partial charge < -0.3 is 4.74 Å². The van der Waals surface area contributed by atoms with Crippen LogP contribution >= 0.6 is 35.0 Å². The fourth-order valence-corrected chi connectivity index (χ4v) is 3.08. The van der Waals surface area contributed by atoms with Gasteiger partial charge in [0.15, 0.2) is 0 Å². The molecule has 4 nitrogen and oxygen atoms in total. The Morgan fingerprint density at radius 2 is 1.88 bits per heavy atom. The quantitative estimate of drug-likeness (QED) is 0.767. The number of para-hydroxylation sites is 1. The van der Waals surface area contributed by atoms with Crippen LogP contribution in [0.15, 0.2) is 47.4 Å². The number of ether oxygens (including phenoxy) is 1. The average molecular weight is 380 g/mol. The molecule has 2 amide bonds. The second-order valence-electron chi connectivity index (χ2n) is 4.93. The largest absolute Gasteiger partial charge is 0.488 e. The van der Waals surface area contributed by atoms with Crippen LogP contribution in [0.25, 0.3) is 6.08 Å². The minimum atomic E-state index is -0.399. The molecule has 1 N–H and O–H groups in total. The number of imide groups is 1. The molecule has 1 heterocycles. The minimum absolute atomic E-state index is 0.301. The molecule has 0 aromatic heterocycles. The van der Waals surface area contributed by atoms with Gasteiger partial charge in [-0.1, -0.05) is 47.5 Å². The summed E-state index contributed by atoms with van der Waals surface area (Å²) in [7, 11) is 0. The Hall–Kier alpha value is -1.95. The van der Waals surface area contributed by atoms with Crippen molar-refractivity contribution in [3.05, 3.63) is 68.5 Å². The maximum Gasteiger partial charge on any atom is 0.290 e. The topological polar surface area (TPSA) is 55.4 Å². The van der Waals surface area contributed by atoms with Gasteiger partial charge in [0.25, 0.3) is 11.1 Å². The molecule has 3 rings (SSSR count). The molecule has 122 valence electrons. The molecular formula is C17H11Cl2NO3S. The van der Waals surface area contributed by atoms with Gasteiger partial charge in [0.1, 0.15) is 12.4 Å². The highest BCUT2D eigenvalue weighted by atomic mass is 35.5. The Kier molecular flexibility index (Phi) is 5.14. The fraction of sp³-hybridized carbons (Fsp3) is 0.0588. The van der Waals surface area contributed by atoms with Gasteiger partial charge in [-0.05, 0) is 41.6 Å². The first-order chi connectivity index (χ1) is 11.5. The van der Waals surface area contributed by atoms with Gasteiger partial charge in [0, 0.05) is 5.56 Å². The highest BCUT2D eigenvalue weighted by Gasteiger charge is 2.25. The van der Waals surface area contributed by atoms with E-state index in [0.29, 0.717) is 32.9 Å². The van der Waals surface area contributed by atoms with Crippen molar-refractivity contribution in [1.82, 2.24) is 5.32 Å². The van der Waals surface area contributed by atoms with Crippen LogP contribution in [-0.2, 0) is 11.4 Å². The Bertz CT molecular complexity index is 851. The highest BCUT2D eigenvalue weighted by molar-refractivity contribution is 8.18. The third kappa shape index (κ3) is 3.93. The molecular weight excluding hydrogens is 369 g/mol. The lowest BCUT2D eigenvalue weighted by molar-refractivity contribution is -0.115. The summed E-state index contributed by atoms with van der Waals surface area (Å²) < 4.78 is 5.82. The summed E-state index contributed by atoms with van der Waals surface area (Å²) in [6.45, 7) is 0.301. The van der Waals surface area contributed by atoms with E-state index < -0.39 is 5.91 Å². The van der Waals surface area contributed by atoms with Crippen molar-refractivity contribution in [3.8, 4) is 5.75 Å². The molecule has 2 aromatic carbocycles. The van der Waals surface area contributed by atoms with E-state index in [9.17, 15) is 9.59 Å². The maximum atomic E-state index is 11.7. The standard InChI is InChI=1S/C17H11Cl2NO3S/c18-12-6-5-10(7-13(12)19)9-23-14-4-2-1-3-11(14)8-15-16(21)20-17(22)24-15/h1-8H,9H2,(H,20,21,22). The first-order valence-electron chi connectivity index (χ1n) is 6.93. The minimum Gasteiger partial charge on any atom is -0.488 e. The van der Waals surface area contributed by atoms with Crippen LogP contribution in [0, 0.1) is 0 Å². The first-order valence-corrected chi connectivity index (χ1v) is 8.51. The summed E-state index contributed by atoms with van der Waals surface area (Å²) in [5.41, 5.74) is 1.58. The molecule has 0 aliphatic carbocycles. The van der Waals surface area contributed by atoms with Gasteiger partial charge in [0.05, 0.1) is 15.0 Å². The number of rotatable bonds is 4. The van der Waals surface area contributed by atoms with Crippen LogP contribution in [0.1, 0.15) is 11.1 Å². The molecule has 0 radical (unpaired) electrons. The fourth-order valence-electron chi connectivity index (χ4n) is 2.08. The number of benzene rings is 2. The van der Waals surface area contributed by atoms with Crippen LogP contribution < -0.4 is 10.1 Å². The molecule has 0 saturated carbocycles. The Morgan fingerprint density at radius 1 is 1.08 bits per heavy atom. The van der Waals surface area contributed by atoms with E-state index in [1.165, 1.54) is 0 Å². The van der Waals surface area contributed by atoms with Crippen LogP contribution in [-0.4, -0.2) is 11.1 Å². The van der Waals surface area contributed by atoms with E-state index in [-0.39, 0.29) is 5.24 Å². The van der Waals surface area contributed by atoms with Gasteiger partial charge in [-0.3, -0.25) is 14.9 Å². The second kappa shape index (κ2) is 7.30. The average Bonchev–Trinajstić information content (AvgIpc) is 2.87. The van der Waals surface area contributed by atoms with E-state index in [2.05, 4.69) is 5.32 Å². The van der Waals surface area contributed by atoms with Crippen molar-refractivity contribution in [3.63, 3.8) is 0 Å². The molecule has 0 spiro atoms. The zero-order valence-corrected chi connectivity index (χ0v) is 14.5. The number of amides is 2. The molecule has 2 aromatic rings. The highest BCUT2D eigenvalue weighted by Crippen LogP contribution is 2.30. The van der Waals surface area contributed by atoms with Crippen molar-refractivity contribution in [2.45, 2.75) is 6.61 Å². The molecule has 0 atom stereocenters. The van der Waals surface area contributed by atoms with Crippen molar-refractivity contribution in [2.24, 2.45) is 0 Å². The van der Waals surface area contributed by atoms with Crippen LogP contribution in [0.4, 0.5) is 4.79 Å². The van der Waals surface area contributed by atoms with E-state index >= 15 is 0 Å². The zero-order chi connectivity index (χ0) is 17.1. The SMILES string of the molecule is O=C1NC(=O)C(=Cc2ccccc2OCc2ccc(Cl)c(Cl)c2)S1. The Morgan fingerprint density at radius 3 is 2.58 bits per heavy atom. The van der Waals surface area contributed by atoms with E-state index in [0.717, 1.165) is 17.3 Å². The van der Waals surface area contributed by atoms with E-state index in [1.807, 2.05) is 24.3 Å². The molecule has 1 saturated heterocycles. The summed E-state index contributed by atoms with van der Waals surface area (Å²) in [5, 5.41) is 2.80. The number of hydrogen-bond donors (Lipinski definition) is 1. The Labute approximate surface area is 152 Å². The third-order valence-electron chi connectivity index (χ3n) is 3.23. The van der Waals surface area contributed by atoms with Crippen LogP contribution in [0.3, 0.4) is 0 Å². The number of halogens is 2. The van der Waals surface area contributed by atoms with Gasteiger partial charge in [-0.25, -0.2) is 0 Å². The molecule has 7 heteroatoms. The monoisotopic (exact) mass is 379 g/mol. The molecule has 0 bridgehead atoms. The lowest BCUT2D eigenvalue weighted by Crippen LogP contribution is -2.17. The van der Waals surface area contributed by atoms with Crippen molar-refractivity contribution in [2.75, 3.05) is 0 Å². The summed E-state index contributed by atoms with van der Waals surface area (Å²) in [6, 6.07) is 12.5. The predicted octanol–water partition coefficient (Wildman–Crippen LogP) is 4.90.